The van der Waals surface area contributed by atoms with Gasteiger partial charge >= 0.3 is 0 Å². The van der Waals surface area contributed by atoms with Gasteiger partial charge in [-0.2, -0.15) is 0 Å². The molecule has 24 heavy (non-hydrogen) atoms. The van der Waals surface area contributed by atoms with E-state index in [0.717, 1.165) is 25.4 Å². The molecule has 1 N–H and O–H groups in total. The summed E-state index contributed by atoms with van der Waals surface area (Å²) in [5, 5.41) is 3.59. The Morgan fingerprint density at radius 2 is 2.00 bits per heavy atom. The molecule has 2 bridgehead atoms. The van der Waals surface area contributed by atoms with Crippen LogP contribution in [0.2, 0.25) is 0 Å². The van der Waals surface area contributed by atoms with Gasteiger partial charge in [-0.1, -0.05) is 30.3 Å². The van der Waals surface area contributed by atoms with Crippen LogP contribution >= 0.6 is 0 Å². The SMILES string of the molecule is c1ccc(CNc2ccnc3c2CC2(CN4CCC2CC4)O3)cc1. The van der Waals surface area contributed by atoms with Crippen LogP contribution in [0.15, 0.2) is 42.6 Å². The molecule has 5 heterocycles. The number of anilines is 1. The van der Waals surface area contributed by atoms with Crippen molar-refractivity contribution in [3.8, 4) is 5.88 Å². The van der Waals surface area contributed by atoms with Crippen LogP contribution in [0.1, 0.15) is 24.0 Å². The third kappa shape index (κ3) is 2.28. The number of benzene rings is 1. The number of nitrogens with zero attached hydrogens (tertiary/aromatic N) is 2. The zero-order valence-electron chi connectivity index (χ0n) is 13.9. The van der Waals surface area contributed by atoms with Gasteiger partial charge in [-0.3, -0.25) is 4.90 Å². The Hall–Kier alpha value is -2.07. The van der Waals surface area contributed by atoms with E-state index in [1.807, 2.05) is 6.20 Å². The number of fused-ring (bicyclic) bond motifs is 3. The number of hydrogen-bond donors (Lipinski definition) is 1. The van der Waals surface area contributed by atoms with Gasteiger partial charge in [-0.05, 0) is 37.6 Å². The van der Waals surface area contributed by atoms with Gasteiger partial charge in [0.25, 0.3) is 0 Å². The zero-order chi connectivity index (χ0) is 16.0. The van der Waals surface area contributed by atoms with E-state index in [1.54, 1.807) is 0 Å². The molecule has 3 saturated heterocycles. The van der Waals surface area contributed by atoms with Crippen molar-refractivity contribution in [2.75, 3.05) is 25.0 Å². The molecule has 6 rings (SSSR count). The van der Waals surface area contributed by atoms with E-state index in [9.17, 15) is 0 Å². The van der Waals surface area contributed by atoms with E-state index >= 15 is 0 Å². The van der Waals surface area contributed by atoms with Gasteiger partial charge in [0.15, 0.2) is 0 Å². The van der Waals surface area contributed by atoms with Gasteiger partial charge in [-0.15, -0.1) is 0 Å². The Balaban J connectivity index is 1.39. The molecule has 4 aliphatic rings. The van der Waals surface area contributed by atoms with Gasteiger partial charge in [0.1, 0.15) is 5.60 Å². The molecule has 4 heteroatoms. The molecule has 0 saturated carbocycles. The summed E-state index contributed by atoms with van der Waals surface area (Å²) in [6.07, 6.45) is 5.39. The highest BCUT2D eigenvalue weighted by Gasteiger charge is 2.52. The van der Waals surface area contributed by atoms with Crippen LogP contribution in [-0.2, 0) is 13.0 Å². The average Bonchev–Trinajstić information content (AvgIpc) is 3.00. The Labute approximate surface area is 142 Å². The summed E-state index contributed by atoms with van der Waals surface area (Å²) in [6, 6.07) is 12.6. The third-order valence-electron chi connectivity index (χ3n) is 5.94. The summed E-state index contributed by atoms with van der Waals surface area (Å²) in [5.74, 6) is 1.53. The smallest absolute Gasteiger partial charge is 0.219 e. The van der Waals surface area contributed by atoms with Crippen LogP contribution in [0, 0.1) is 5.92 Å². The monoisotopic (exact) mass is 321 g/mol. The molecule has 1 atom stereocenters. The number of aromatic nitrogens is 1. The van der Waals surface area contributed by atoms with Crippen molar-refractivity contribution in [1.82, 2.24) is 9.88 Å². The van der Waals surface area contributed by atoms with Crippen molar-refractivity contribution in [2.24, 2.45) is 5.92 Å². The number of nitrogens with one attached hydrogen (secondary N) is 1. The maximum Gasteiger partial charge on any atom is 0.219 e. The van der Waals surface area contributed by atoms with Crippen molar-refractivity contribution in [2.45, 2.75) is 31.4 Å². The summed E-state index contributed by atoms with van der Waals surface area (Å²) in [4.78, 5) is 7.09. The Morgan fingerprint density at radius 1 is 1.17 bits per heavy atom. The highest BCUT2D eigenvalue weighted by atomic mass is 16.5. The Morgan fingerprint density at radius 3 is 2.75 bits per heavy atom. The number of pyridine rings is 1. The fourth-order valence-electron chi connectivity index (χ4n) is 4.66. The molecule has 0 amide bonds. The van der Waals surface area contributed by atoms with Crippen molar-refractivity contribution in [3.05, 3.63) is 53.7 Å². The zero-order valence-corrected chi connectivity index (χ0v) is 13.9. The fraction of sp³-hybridized carbons (Fsp3) is 0.450. The summed E-state index contributed by atoms with van der Waals surface area (Å²) in [6.45, 7) is 4.36. The van der Waals surface area contributed by atoms with Crippen molar-refractivity contribution in [3.63, 3.8) is 0 Å². The maximum atomic E-state index is 6.47. The minimum Gasteiger partial charge on any atom is -0.469 e. The Bertz CT molecular complexity index is 740. The van der Waals surface area contributed by atoms with Crippen molar-refractivity contribution >= 4 is 5.69 Å². The molecular formula is C20H23N3O. The van der Waals surface area contributed by atoms with Crippen LogP contribution < -0.4 is 10.1 Å². The lowest BCUT2D eigenvalue weighted by molar-refractivity contribution is -0.0814. The molecule has 3 fully saturated rings. The van der Waals surface area contributed by atoms with Crippen LogP contribution in [0.5, 0.6) is 5.88 Å². The third-order valence-corrected chi connectivity index (χ3v) is 5.94. The van der Waals surface area contributed by atoms with Gasteiger partial charge in [0.05, 0.1) is 0 Å². The molecule has 1 aromatic heterocycles. The van der Waals surface area contributed by atoms with Gasteiger partial charge in [0.2, 0.25) is 5.88 Å². The topological polar surface area (TPSA) is 37.4 Å². The first kappa shape index (κ1) is 14.3. The van der Waals surface area contributed by atoms with E-state index in [4.69, 9.17) is 4.74 Å². The van der Waals surface area contributed by atoms with E-state index in [0.29, 0.717) is 5.92 Å². The summed E-state index contributed by atoms with van der Waals surface area (Å²) >= 11 is 0. The van der Waals surface area contributed by atoms with E-state index in [-0.39, 0.29) is 5.60 Å². The molecule has 4 nitrogen and oxygen atoms in total. The molecule has 4 aliphatic heterocycles. The van der Waals surface area contributed by atoms with Crippen molar-refractivity contribution < 1.29 is 4.74 Å². The second-order valence-electron chi connectivity index (χ2n) is 7.38. The molecular weight excluding hydrogens is 298 g/mol. The summed E-state index contributed by atoms with van der Waals surface area (Å²) < 4.78 is 6.47. The Kier molecular flexibility index (Phi) is 3.27. The van der Waals surface area contributed by atoms with E-state index in [1.165, 1.54) is 42.7 Å². The van der Waals surface area contributed by atoms with Crippen LogP contribution in [0.4, 0.5) is 5.69 Å². The molecule has 1 spiro atoms. The maximum absolute atomic E-state index is 6.47. The molecule has 124 valence electrons. The molecule has 0 aliphatic carbocycles. The van der Waals surface area contributed by atoms with Crippen molar-refractivity contribution in [1.29, 1.82) is 0 Å². The number of hydrogen-bond acceptors (Lipinski definition) is 4. The average molecular weight is 321 g/mol. The predicted molar refractivity (Wildman–Crippen MR) is 94.2 cm³/mol. The minimum atomic E-state index is -0.0314. The minimum absolute atomic E-state index is 0.0314. The first-order valence-electron chi connectivity index (χ1n) is 8.99. The lowest BCUT2D eigenvalue weighted by Crippen LogP contribution is -2.61. The van der Waals surface area contributed by atoms with Crippen LogP contribution in [0.25, 0.3) is 0 Å². The summed E-state index contributed by atoms with van der Waals surface area (Å²) in [5.41, 5.74) is 3.70. The first-order valence-corrected chi connectivity index (χ1v) is 8.99. The number of ether oxygens (including phenoxy) is 1. The van der Waals surface area contributed by atoms with Gasteiger partial charge < -0.3 is 10.1 Å². The lowest BCUT2D eigenvalue weighted by Gasteiger charge is -2.50. The standard InChI is InChI=1S/C20H23N3O/c1-2-4-15(5-3-1)13-22-18-6-9-21-19-17(18)12-20(24-19)14-23-10-7-16(20)8-11-23/h1-6,9,16H,7-8,10-14H2,(H,21,22). The second-order valence-corrected chi connectivity index (χ2v) is 7.38. The molecule has 2 aromatic rings. The predicted octanol–water partition coefficient (Wildman–Crippen LogP) is 3.09. The van der Waals surface area contributed by atoms with Crippen LogP contribution in [0.3, 0.4) is 0 Å². The second kappa shape index (κ2) is 5.49. The summed E-state index contributed by atoms with van der Waals surface area (Å²) in [7, 11) is 0. The molecule has 0 radical (unpaired) electrons. The highest BCUT2D eigenvalue weighted by molar-refractivity contribution is 5.57. The molecule has 1 aromatic carbocycles. The van der Waals surface area contributed by atoms with Gasteiger partial charge in [-0.25, -0.2) is 4.98 Å². The van der Waals surface area contributed by atoms with E-state index < -0.39 is 0 Å². The first-order chi connectivity index (χ1) is 11.8. The normalized spacial score (nSPS) is 30.2. The number of rotatable bonds is 3. The largest absolute Gasteiger partial charge is 0.469 e. The lowest BCUT2D eigenvalue weighted by atomic mass is 9.73. The molecule has 1 unspecified atom stereocenters. The quantitative estimate of drug-likeness (QED) is 0.943. The van der Waals surface area contributed by atoms with E-state index in [2.05, 4.69) is 51.6 Å². The van der Waals surface area contributed by atoms with Crippen LogP contribution in [-0.4, -0.2) is 35.1 Å². The fourth-order valence-corrected chi connectivity index (χ4v) is 4.66. The highest BCUT2D eigenvalue weighted by Crippen LogP contribution is 2.47. The van der Waals surface area contributed by atoms with Gasteiger partial charge in [0, 0.05) is 42.9 Å². The number of piperidine rings is 3.